The third kappa shape index (κ3) is 4.07. The Morgan fingerprint density at radius 1 is 1.45 bits per heavy atom. The van der Waals surface area contributed by atoms with E-state index in [1.165, 1.54) is 5.56 Å². The molecule has 1 atom stereocenters. The number of carbonyl (C=O) groups is 1. The molecule has 2 amide bonds. The van der Waals surface area contributed by atoms with Crippen molar-refractivity contribution in [2.24, 2.45) is 0 Å². The van der Waals surface area contributed by atoms with Gasteiger partial charge in [-0.1, -0.05) is 0 Å². The number of rotatable bonds is 6. The van der Waals surface area contributed by atoms with E-state index in [0.717, 1.165) is 5.69 Å². The number of carbonyl (C=O) groups excluding carboxylic acids is 1. The minimum atomic E-state index is -0.179. The van der Waals surface area contributed by atoms with E-state index in [-0.39, 0.29) is 12.1 Å². The number of amides is 2. The lowest BCUT2D eigenvalue weighted by atomic mass is 10.1. The predicted octanol–water partition coefficient (Wildman–Crippen LogP) is 1.57. The SMILES string of the molecule is CN(C)[C@@H](CNC(=O)NCc1ccn[nH]1)c1ccsc1. The van der Waals surface area contributed by atoms with Gasteiger partial charge in [0.05, 0.1) is 18.3 Å². The fourth-order valence-corrected chi connectivity index (χ4v) is 2.58. The standard InChI is InChI=1S/C13H19N5OS/c1-18(2)12(10-4-6-20-9-10)8-15-13(19)14-7-11-3-5-16-17-11/h3-6,9,12H,7-8H2,1-2H3,(H,16,17)(H2,14,15,19)/t12-/m0/s1. The highest BCUT2D eigenvalue weighted by Gasteiger charge is 2.15. The molecule has 20 heavy (non-hydrogen) atoms. The Hall–Kier alpha value is -1.86. The fraction of sp³-hybridized carbons (Fsp3) is 0.385. The summed E-state index contributed by atoms with van der Waals surface area (Å²) >= 11 is 1.66. The summed E-state index contributed by atoms with van der Waals surface area (Å²) in [7, 11) is 4.01. The second-order valence-corrected chi connectivity index (χ2v) is 5.46. The Morgan fingerprint density at radius 2 is 2.30 bits per heavy atom. The molecule has 3 N–H and O–H groups in total. The van der Waals surface area contributed by atoms with E-state index < -0.39 is 0 Å². The number of thiophene rings is 1. The van der Waals surface area contributed by atoms with E-state index in [2.05, 4.69) is 37.2 Å². The summed E-state index contributed by atoms with van der Waals surface area (Å²) in [5.41, 5.74) is 2.09. The summed E-state index contributed by atoms with van der Waals surface area (Å²) in [5, 5.41) is 16.5. The lowest BCUT2D eigenvalue weighted by Crippen LogP contribution is -2.40. The van der Waals surface area contributed by atoms with Crippen LogP contribution in [0.15, 0.2) is 29.1 Å². The Labute approximate surface area is 122 Å². The van der Waals surface area contributed by atoms with Crippen LogP contribution < -0.4 is 10.6 Å². The molecule has 2 aromatic heterocycles. The quantitative estimate of drug-likeness (QED) is 0.757. The van der Waals surface area contributed by atoms with Gasteiger partial charge in [0.1, 0.15) is 0 Å². The van der Waals surface area contributed by atoms with Crippen molar-refractivity contribution in [3.8, 4) is 0 Å². The average molecular weight is 293 g/mol. The molecule has 0 aliphatic rings. The maximum Gasteiger partial charge on any atom is 0.315 e. The van der Waals surface area contributed by atoms with Crippen molar-refractivity contribution in [2.75, 3.05) is 20.6 Å². The van der Waals surface area contributed by atoms with Gasteiger partial charge in [0.15, 0.2) is 0 Å². The molecule has 7 heteroatoms. The van der Waals surface area contributed by atoms with Gasteiger partial charge in [-0.3, -0.25) is 5.10 Å². The summed E-state index contributed by atoms with van der Waals surface area (Å²) in [5.74, 6) is 0. The number of H-pyrrole nitrogens is 1. The molecule has 0 aliphatic heterocycles. The highest BCUT2D eigenvalue weighted by molar-refractivity contribution is 7.07. The molecule has 0 aliphatic carbocycles. The topological polar surface area (TPSA) is 73.1 Å². The van der Waals surface area contributed by atoms with Gasteiger partial charge in [0.25, 0.3) is 0 Å². The first-order chi connectivity index (χ1) is 9.66. The van der Waals surface area contributed by atoms with Crippen molar-refractivity contribution in [3.05, 3.63) is 40.3 Å². The third-order valence-corrected chi connectivity index (χ3v) is 3.71. The van der Waals surface area contributed by atoms with Gasteiger partial charge in [-0.05, 0) is 42.6 Å². The number of aromatic nitrogens is 2. The molecule has 0 saturated heterocycles. The van der Waals surface area contributed by atoms with Crippen LogP contribution >= 0.6 is 11.3 Å². The molecule has 2 aromatic rings. The monoisotopic (exact) mass is 293 g/mol. The second kappa shape index (κ2) is 7.06. The van der Waals surface area contributed by atoms with Gasteiger partial charge in [0.2, 0.25) is 0 Å². The Balaban J connectivity index is 1.79. The van der Waals surface area contributed by atoms with Gasteiger partial charge in [-0.25, -0.2) is 4.79 Å². The van der Waals surface area contributed by atoms with Gasteiger partial charge >= 0.3 is 6.03 Å². The number of nitrogens with one attached hydrogen (secondary N) is 3. The number of aromatic amines is 1. The third-order valence-electron chi connectivity index (χ3n) is 3.01. The highest BCUT2D eigenvalue weighted by Crippen LogP contribution is 2.19. The van der Waals surface area contributed by atoms with Crippen LogP contribution in [-0.2, 0) is 6.54 Å². The smallest absolute Gasteiger partial charge is 0.315 e. The zero-order chi connectivity index (χ0) is 14.4. The first-order valence-corrected chi connectivity index (χ1v) is 7.29. The Kier molecular flexibility index (Phi) is 5.14. The van der Waals surface area contributed by atoms with Crippen molar-refractivity contribution in [1.82, 2.24) is 25.7 Å². The van der Waals surface area contributed by atoms with Crippen LogP contribution in [0.25, 0.3) is 0 Å². The van der Waals surface area contributed by atoms with Gasteiger partial charge in [-0.2, -0.15) is 16.4 Å². The molecule has 2 rings (SSSR count). The number of likely N-dealkylation sites (N-methyl/N-ethyl adjacent to an activating group) is 1. The van der Waals surface area contributed by atoms with Crippen molar-refractivity contribution in [1.29, 1.82) is 0 Å². The zero-order valence-corrected chi connectivity index (χ0v) is 12.4. The van der Waals surface area contributed by atoms with Gasteiger partial charge in [-0.15, -0.1) is 0 Å². The number of nitrogens with zero attached hydrogens (tertiary/aromatic N) is 2. The van der Waals surface area contributed by atoms with E-state index in [1.807, 2.05) is 25.5 Å². The van der Waals surface area contributed by atoms with Crippen LogP contribution in [0.1, 0.15) is 17.3 Å². The molecule has 0 fully saturated rings. The van der Waals surface area contributed by atoms with Crippen molar-refractivity contribution in [3.63, 3.8) is 0 Å². The lowest BCUT2D eigenvalue weighted by molar-refractivity contribution is 0.232. The molecule has 0 aromatic carbocycles. The molecule has 0 saturated carbocycles. The van der Waals surface area contributed by atoms with E-state index >= 15 is 0 Å². The van der Waals surface area contributed by atoms with Crippen molar-refractivity contribution >= 4 is 17.4 Å². The Morgan fingerprint density at radius 3 is 2.90 bits per heavy atom. The summed E-state index contributed by atoms with van der Waals surface area (Å²) in [6.45, 7) is 1.01. The fourth-order valence-electron chi connectivity index (χ4n) is 1.87. The van der Waals surface area contributed by atoms with E-state index in [0.29, 0.717) is 13.1 Å². The second-order valence-electron chi connectivity index (χ2n) is 4.68. The minimum Gasteiger partial charge on any atom is -0.336 e. The van der Waals surface area contributed by atoms with E-state index in [9.17, 15) is 4.79 Å². The molecule has 0 bridgehead atoms. The van der Waals surface area contributed by atoms with Crippen LogP contribution in [0, 0.1) is 0 Å². The summed E-state index contributed by atoms with van der Waals surface area (Å²) in [6.07, 6.45) is 1.66. The summed E-state index contributed by atoms with van der Waals surface area (Å²) in [4.78, 5) is 13.9. The lowest BCUT2D eigenvalue weighted by Gasteiger charge is -2.24. The number of urea groups is 1. The number of hydrogen-bond acceptors (Lipinski definition) is 4. The van der Waals surface area contributed by atoms with Gasteiger partial charge < -0.3 is 15.5 Å². The largest absolute Gasteiger partial charge is 0.336 e. The van der Waals surface area contributed by atoms with E-state index in [1.54, 1.807) is 17.5 Å². The zero-order valence-electron chi connectivity index (χ0n) is 11.6. The predicted molar refractivity (Wildman–Crippen MR) is 79.6 cm³/mol. The maximum absolute atomic E-state index is 11.8. The molecule has 6 nitrogen and oxygen atoms in total. The van der Waals surface area contributed by atoms with Crippen LogP contribution in [0.4, 0.5) is 4.79 Å². The van der Waals surface area contributed by atoms with Crippen molar-refractivity contribution in [2.45, 2.75) is 12.6 Å². The van der Waals surface area contributed by atoms with Crippen molar-refractivity contribution < 1.29 is 4.79 Å². The van der Waals surface area contributed by atoms with Crippen LogP contribution in [0.2, 0.25) is 0 Å². The van der Waals surface area contributed by atoms with Gasteiger partial charge in [0, 0.05) is 12.7 Å². The molecular weight excluding hydrogens is 274 g/mol. The molecule has 0 unspecified atom stereocenters. The molecule has 108 valence electrons. The highest BCUT2D eigenvalue weighted by atomic mass is 32.1. The minimum absolute atomic E-state index is 0.179. The summed E-state index contributed by atoms with van der Waals surface area (Å²) in [6, 6.07) is 3.91. The first kappa shape index (κ1) is 14.5. The molecule has 0 spiro atoms. The van der Waals surface area contributed by atoms with Crippen LogP contribution in [0.3, 0.4) is 0 Å². The number of hydrogen-bond donors (Lipinski definition) is 3. The molecular formula is C13H19N5OS. The van der Waals surface area contributed by atoms with E-state index in [4.69, 9.17) is 0 Å². The van der Waals surface area contributed by atoms with Crippen LogP contribution in [0.5, 0.6) is 0 Å². The summed E-state index contributed by atoms with van der Waals surface area (Å²) < 4.78 is 0. The normalized spacial score (nSPS) is 12.3. The maximum atomic E-state index is 11.8. The molecule has 0 radical (unpaired) electrons. The molecule has 2 heterocycles. The average Bonchev–Trinajstić information content (AvgIpc) is 3.09. The Bertz CT molecular complexity index is 509. The first-order valence-electron chi connectivity index (χ1n) is 6.35. The van der Waals surface area contributed by atoms with Crippen LogP contribution in [-0.4, -0.2) is 41.8 Å².